The Morgan fingerprint density at radius 3 is 2.71 bits per heavy atom. The summed E-state index contributed by atoms with van der Waals surface area (Å²) in [5.74, 6) is 1.05. The van der Waals surface area contributed by atoms with Gasteiger partial charge in [0.1, 0.15) is 11.5 Å². The highest BCUT2D eigenvalue weighted by molar-refractivity contribution is 6.04. The van der Waals surface area contributed by atoms with Crippen LogP contribution >= 0.6 is 0 Å². The van der Waals surface area contributed by atoms with Crippen LogP contribution in [0, 0.1) is 6.92 Å². The van der Waals surface area contributed by atoms with Crippen molar-refractivity contribution in [1.29, 1.82) is 0 Å². The van der Waals surface area contributed by atoms with Crippen molar-refractivity contribution < 1.29 is 14.0 Å². The summed E-state index contributed by atoms with van der Waals surface area (Å²) >= 11 is 0. The molecule has 0 bridgehead atoms. The van der Waals surface area contributed by atoms with Crippen molar-refractivity contribution in [3.63, 3.8) is 0 Å². The summed E-state index contributed by atoms with van der Waals surface area (Å²) in [7, 11) is 0. The second-order valence-corrected chi connectivity index (χ2v) is 4.35. The number of nitrogens with one attached hydrogen (secondary N) is 2. The topological polar surface area (TPSA) is 84.2 Å². The van der Waals surface area contributed by atoms with E-state index in [1.807, 2.05) is 13.0 Å². The highest BCUT2D eigenvalue weighted by Gasteiger charge is 2.07. The summed E-state index contributed by atoms with van der Waals surface area (Å²) in [5, 5.41) is 5.20. The second-order valence-electron chi connectivity index (χ2n) is 4.35. The Labute approximate surface area is 121 Å². The first-order valence-electron chi connectivity index (χ1n) is 6.33. The predicted molar refractivity (Wildman–Crippen MR) is 79.6 cm³/mol. The van der Waals surface area contributed by atoms with Crippen LogP contribution in [0.3, 0.4) is 0 Å². The molecule has 0 saturated carbocycles. The zero-order chi connectivity index (χ0) is 15.2. The fourth-order valence-electron chi connectivity index (χ4n) is 1.65. The molecule has 6 heteroatoms. The lowest BCUT2D eigenvalue weighted by Gasteiger charge is -2.08. The molecule has 0 aliphatic heterocycles. The van der Waals surface area contributed by atoms with Gasteiger partial charge >= 0.3 is 0 Å². The van der Waals surface area contributed by atoms with Crippen molar-refractivity contribution in [2.75, 3.05) is 10.6 Å². The third-order valence-corrected chi connectivity index (χ3v) is 2.52. The quantitative estimate of drug-likeness (QED) is 0.846. The van der Waals surface area contributed by atoms with Gasteiger partial charge in [0.2, 0.25) is 11.8 Å². The van der Waals surface area contributed by atoms with E-state index in [2.05, 4.69) is 15.6 Å². The van der Waals surface area contributed by atoms with Gasteiger partial charge in [0.15, 0.2) is 5.82 Å². The van der Waals surface area contributed by atoms with E-state index in [0.717, 1.165) is 5.76 Å². The molecule has 0 aliphatic carbocycles. The maximum Gasteiger partial charge on any atom is 0.249 e. The van der Waals surface area contributed by atoms with Crippen molar-refractivity contribution in [3.05, 3.63) is 48.1 Å². The first-order chi connectivity index (χ1) is 10.0. The molecule has 2 N–H and O–H groups in total. The molecule has 6 nitrogen and oxygen atoms in total. The van der Waals surface area contributed by atoms with Crippen LogP contribution in [0.5, 0.6) is 0 Å². The molecule has 0 aromatic carbocycles. The van der Waals surface area contributed by atoms with E-state index in [4.69, 9.17) is 4.42 Å². The summed E-state index contributed by atoms with van der Waals surface area (Å²) in [4.78, 5) is 27.0. The molecular weight excluding hydrogens is 270 g/mol. The number of carbonyl (C=O) groups excluding carboxylic acids is 2. The Bertz CT molecular complexity index is 689. The lowest BCUT2D eigenvalue weighted by molar-refractivity contribution is -0.114. The fourth-order valence-corrected chi connectivity index (χ4v) is 1.65. The van der Waals surface area contributed by atoms with Gasteiger partial charge in [0.05, 0.1) is 5.69 Å². The predicted octanol–water partition coefficient (Wildman–Crippen LogP) is 2.59. The van der Waals surface area contributed by atoms with Crippen molar-refractivity contribution in [2.24, 2.45) is 0 Å². The molecule has 0 saturated heterocycles. The monoisotopic (exact) mass is 285 g/mol. The molecule has 2 aromatic heterocycles. The summed E-state index contributed by atoms with van der Waals surface area (Å²) in [6.45, 7) is 3.21. The summed E-state index contributed by atoms with van der Waals surface area (Å²) in [5.41, 5.74) is 0.445. The summed E-state index contributed by atoms with van der Waals surface area (Å²) in [6, 6.07) is 6.90. The lowest BCUT2D eigenvalue weighted by atomic mass is 10.3. The lowest BCUT2D eigenvalue weighted by Crippen LogP contribution is -2.14. The van der Waals surface area contributed by atoms with Crippen LogP contribution in [0.1, 0.15) is 18.4 Å². The Hall–Kier alpha value is -2.89. The number of furan rings is 1. The highest BCUT2D eigenvalue weighted by atomic mass is 16.3. The van der Waals surface area contributed by atoms with E-state index in [-0.39, 0.29) is 17.6 Å². The molecule has 0 unspecified atom stereocenters. The van der Waals surface area contributed by atoms with Crippen LogP contribution in [0.4, 0.5) is 11.5 Å². The van der Waals surface area contributed by atoms with Gasteiger partial charge in [0, 0.05) is 19.2 Å². The Morgan fingerprint density at radius 1 is 1.24 bits per heavy atom. The maximum atomic E-state index is 11.8. The fraction of sp³-hybridized carbons (Fsp3) is 0.133. The largest absolute Gasteiger partial charge is 0.462 e. The number of aryl methyl sites for hydroxylation is 1. The van der Waals surface area contributed by atoms with Crippen LogP contribution in [0.2, 0.25) is 0 Å². The van der Waals surface area contributed by atoms with Crippen LogP contribution < -0.4 is 10.6 Å². The van der Waals surface area contributed by atoms with Crippen molar-refractivity contribution in [2.45, 2.75) is 13.8 Å². The summed E-state index contributed by atoms with van der Waals surface area (Å²) in [6.07, 6.45) is 4.42. The number of anilines is 2. The van der Waals surface area contributed by atoms with Gasteiger partial charge < -0.3 is 15.1 Å². The molecule has 0 atom stereocenters. The second kappa shape index (κ2) is 6.51. The minimum Gasteiger partial charge on any atom is -0.462 e. The highest BCUT2D eigenvalue weighted by Crippen LogP contribution is 2.17. The van der Waals surface area contributed by atoms with Gasteiger partial charge in [-0.05, 0) is 37.3 Å². The molecule has 108 valence electrons. The molecule has 21 heavy (non-hydrogen) atoms. The van der Waals surface area contributed by atoms with E-state index in [9.17, 15) is 9.59 Å². The first kappa shape index (κ1) is 14.5. The molecular formula is C15H15N3O3. The number of aromatic nitrogens is 1. The Balaban J connectivity index is 2.06. The zero-order valence-corrected chi connectivity index (χ0v) is 11.7. The number of carbonyl (C=O) groups is 2. The molecule has 2 rings (SSSR count). The van der Waals surface area contributed by atoms with Crippen LogP contribution in [0.25, 0.3) is 6.08 Å². The minimum atomic E-state index is -0.366. The SMILES string of the molecule is CC(=O)Nc1cccnc1NC(=O)/C=C/c1ccc(C)o1. The van der Waals surface area contributed by atoms with Crippen LogP contribution in [-0.2, 0) is 9.59 Å². The van der Waals surface area contributed by atoms with Crippen LogP contribution in [0.15, 0.2) is 41.0 Å². The standard InChI is InChI=1S/C15H15N3O3/c1-10-5-6-12(21-10)7-8-14(20)18-15-13(17-11(2)19)4-3-9-16-15/h3-9H,1-2H3,(H,17,19)(H,16,18,20)/b8-7+. The van der Waals surface area contributed by atoms with E-state index in [1.54, 1.807) is 24.3 Å². The van der Waals surface area contributed by atoms with Gasteiger partial charge in [-0.15, -0.1) is 0 Å². The van der Waals surface area contributed by atoms with Crippen molar-refractivity contribution >= 4 is 29.4 Å². The van der Waals surface area contributed by atoms with Gasteiger partial charge in [-0.1, -0.05) is 0 Å². The molecule has 0 aliphatic rings. The van der Waals surface area contributed by atoms with Crippen LogP contribution in [-0.4, -0.2) is 16.8 Å². The van der Waals surface area contributed by atoms with E-state index in [0.29, 0.717) is 11.4 Å². The van der Waals surface area contributed by atoms with E-state index < -0.39 is 0 Å². The molecule has 2 amide bonds. The van der Waals surface area contributed by atoms with Crippen molar-refractivity contribution in [3.8, 4) is 0 Å². The van der Waals surface area contributed by atoms with E-state index in [1.165, 1.54) is 19.2 Å². The molecule has 2 heterocycles. The third kappa shape index (κ3) is 4.31. The molecule has 2 aromatic rings. The molecule has 0 radical (unpaired) electrons. The smallest absolute Gasteiger partial charge is 0.249 e. The average molecular weight is 285 g/mol. The number of rotatable bonds is 4. The zero-order valence-electron chi connectivity index (χ0n) is 11.7. The van der Waals surface area contributed by atoms with Gasteiger partial charge in [0.25, 0.3) is 0 Å². The van der Waals surface area contributed by atoms with Gasteiger partial charge in [-0.25, -0.2) is 4.98 Å². The molecule has 0 fully saturated rings. The van der Waals surface area contributed by atoms with E-state index >= 15 is 0 Å². The Kier molecular flexibility index (Phi) is 4.50. The number of nitrogens with zero attached hydrogens (tertiary/aromatic N) is 1. The maximum absolute atomic E-state index is 11.8. The Morgan fingerprint density at radius 2 is 2.05 bits per heavy atom. The number of hydrogen-bond donors (Lipinski definition) is 2. The van der Waals surface area contributed by atoms with Gasteiger partial charge in [-0.3, -0.25) is 9.59 Å². The number of hydrogen-bond acceptors (Lipinski definition) is 4. The summed E-state index contributed by atoms with van der Waals surface area (Å²) < 4.78 is 5.32. The van der Waals surface area contributed by atoms with Crippen molar-refractivity contribution in [1.82, 2.24) is 4.98 Å². The van der Waals surface area contributed by atoms with Gasteiger partial charge in [-0.2, -0.15) is 0 Å². The number of amides is 2. The first-order valence-corrected chi connectivity index (χ1v) is 6.33. The number of pyridine rings is 1. The average Bonchev–Trinajstić information content (AvgIpc) is 2.84. The molecule has 0 spiro atoms. The third-order valence-electron chi connectivity index (χ3n) is 2.52. The normalized spacial score (nSPS) is 10.6. The minimum absolute atomic E-state index is 0.236.